The molecule has 1 aliphatic heterocycles. The van der Waals surface area contributed by atoms with Gasteiger partial charge in [-0.25, -0.2) is 4.79 Å². The molecule has 0 radical (unpaired) electrons. The van der Waals surface area contributed by atoms with E-state index in [-0.39, 0.29) is 18.9 Å². The Bertz CT molecular complexity index is 896. The molecule has 0 aromatic heterocycles. The molecule has 2 aliphatic rings. The molecule has 1 aliphatic carbocycles. The van der Waals surface area contributed by atoms with Crippen molar-refractivity contribution in [2.45, 2.75) is 89.3 Å². The highest BCUT2D eigenvalue weighted by Crippen LogP contribution is 2.65. The average Bonchev–Trinajstić information content (AvgIpc) is 3.03. The average molecular weight is 534 g/mol. The fraction of sp³-hybridized carbons (Fsp3) is 0.783. The first kappa shape index (κ1) is 29.2. The lowest BCUT2D eigenvalue weighted by Gasteiger charge is -2.38. The number of primary amides is 1. The molecule has 35 heavy (non-hydrogen) atoms. The van der Waals surface area contributed by atoms with Gasteiger partial charge in [0.05, 0.1) is 6.04 Å². The number of nitrogens with one attached hydrogen (secondary N) is 3. The first-order valence-corrected chi connectivity index (χ1v) is 12.5. The number of ketones is 1. The van der Waals surface area contributed by atoms with Crippen molar-refractivity contribution >= 4 is 52.7 Å². The zero-order chi connectivity index (χ0) is 27.1. The molecule has 12 heteroatoms. The maximum Gasteiger partial charge on any atom is 0.315 e. The van der Waals surface area contributed by atoms with E-state index in [1.165, 1.54) is 4.90 Å². The molecular weight excluding hydrogens is 497 g/mol. The van der Waals surface area contributed by atoms with Gasteiger partial charge in [0, 0.05) is 23.9 Å². The highest BCUT2D eigenvalue weighted by Gasteiger charge is 2.74. The molecule has 0 aromatic carbocycles. The van der Waals surface area contributed by atoms with Gasteiger partial charge in [-0.1, -0.05) is 34.1 Å². The second-order valence-corrected chi connectivity index (χ2v) is 12.9. The maximum absolute atomic E-state index is 13.7. The van der Waals surface area contributed by atoms with E-state index in [9.17, 15) is 24.0 Å². The standard InChI is InChI=1S/C23H37Cl2N5O5/c1-8-9-12(15(31)17(26)32)27-18(33)14-13-11(23(13,24)25)10-30(14)19(34)16(21(2,3)4)28-20(35)29-22(5,6)7/h11-14,16H,8-10H2,1-7H3,(H2,26,32)(H,27,33)(H2,28,29,35)/t11-,12-,13-,14-,16+/m0/s1. The van der Waals surface area contributed by atoms with Gasteiger partial charge in [-0.3, -0.25) is 19.2 Å². The summed E-state index contributed by atoms with van der Waals surface area (Å²) in [5, 5.41) is 8.08. The van der Waals surface area contributed by atoms with Crippen LogP contribution < -0.4 is 21.7 Å². The van der Waals surface area contributed by atoms with Crippen LogP contribution in [0.2, 0.25) is 0 Å². The number of fused-ring (bicyclic) bond motifs is 1. The monoisotopic (exact) mass is 533 g/mol. The van der Waals surface area contributed by atoms with Gasteiger partial charge >= 0.3 is 6.03 Å². The summed E-state index contributed by atoms with van der Waals surface area (Å²) in [5.74, 6) is -4.08. The number of hydrogen-bond donors (Lipinski definition) is 4. The van der Waals surface area contributed by atoms with Crippen molar-refractivity contribution in [1.29, 1.82) is 0 Å². The second-order valence-electron chi connectivity index (χ2n) is 11.5. The van der Waals surface area contributed by atoms with E-state index in [2.05, 4.69) is 16.0 Å². The van der Waals surface area contributed by atoms with Crippen molar-refractivity contribution in [2.24, 2.45) is 23.0 Å². The van der Waals surface area contributed by atoms with Crippen LogP contribution in [0.1, 0.15) is 61.3 Å². The lowest BCUT2D eigenvalue weighted by atomic mass is 9.85. The van der Waals surface area contributed by atoms with Crippen LogP contribution in [-0.2, 0) is 19.2 Å². The minimum atomic E-state index is -1.19. The Morgan fingerprint density at radius 2 is 1.63 bits per heavy atom. The topological polar surface area (TPSA) is 151 Å². The van der Waals surface area contributed by atoms with Gasteiger partial charge in [-0.15, -0.1) is 23.2 Å². The first-order valence-electron chi connectivity index (χ1n) is 11.7. The summed E-state index contributed by atoms with van der Waals surface area (Å²) < 4.78 is -1.19. The van der Waals surface area contributed by atoms with Crippen LogP contribution >= 0.6 is 23.2 Å². The Morgan fingerprint density at radius 1 is 1.06 bits per heavy atom. The number of Topliss-reactive ketones (excluding diaryl/α,β-unsaturated/α-hetero) is 1. The van der Waals surface area contributed by atoms with Gasteiger partial charge in [0.15, 0.2) is 0 Å². The molecule has 5 atom stereocenters. The number of alkyl halides is 2. The predicted molar refractivity (Wildman–Crippen MR) is 133 cm³/mol. The van der Waals surface area contributed by atoms with Crippen LogP contribution in [0.3, 0.4) is 0 Å². The molecule has 1 heterocycles. The summed E-state index contributed by atoms with van der Waals surface area (Å²) in [7, 11) is 0. The molecule has 0 bridgehead atoms. The number of amides is 5. The van der Waals surface area contributed by atoms with Gasteiger partial charge in [-0.05, 0) is 32.6 Å². The minimum Gasteiger partial charge on any atom is -0.363 e. The quantitative estimate of drug-likeness (QED) is 0.275. The Morgan fingerprint density at radius 3 is 2.09 bits per heavy atom. The van der Waals surface area contributed by atoms with E-state index in [1.54, 1.807) is 27.7 Å². The van der Waals surface area contributed by atoms with Gasteiger partial charge in [0.2, 0.25) is 17.6 Å². The lowest BCUT2D eigenvalue weighted by molar-refractivity contribution is -0.144. The molecule has 0 spiro atoms. The number of nitrogens with two attached hydrogens (primary N) is 1. The number of carbonyl (C=O) groups excluding carboxylic acids is 5. The molecule has 5 N–H and O–H groups in total. The minimum absolute atomic E-state index is 0.117. The third kappa shape index (κ3) is 6.58. The number of halogens is 2. The summed E-state index contributed by atoms with van der Waals surface area (Å²) >= 11 is 12.8. The molecule has 10 nitrogen and oxygen atoms in total. The Balaban J connectivity index is 2.31. The number of nitrogens with zero attached hydrogens (tertiary/aromatic N) is 1. The van der Waals surface area contributed by atoms with Crippen LogP contribution in [0.15, 0.2) is 0 Å². The van der Waals surface area contributed by atoms with Gasteiger partial charge in [-0.2, -0.15) is 0 Å². The van der Waals surface area contributed by atoms with E-state index >= 15 is 0 Å². The van der Waals surface area contributed by atoms with Crippen LogP contribution in [0.25, 0.3) is 0 Å². The molecule has 1 saturated carbocycles. The molecule has 0 unspecified atom stereocenters. The van der Waals surface area contributed by atoms with Crippen molar-refractivity contribution < 1.29 is 24.0 Å². The first-order chi connectivity index (χ1) is 15.8. The van der Waals surface area contributed by atoms with Crippen LogP contribution in [0.5, 0.6) is 0 Å². The zero-order valence-electron chi connectivity index (χ0n) is 21.3. The molecular formula is C23H37Cl2N5O5. The number of likely N-dealkylation sites (tertiary alicyclic amines) is 1. The third-order valence-electron chi connectivity index (χ3n) is 6.21. The summed E-state index contributed by atoms with van der Waals surface area (Å²) in [5.41, 5.74) is 3.92. The SMILES string of the molecule is CCC[C@H](NC(=O)[C@@H]1[C@@H]2[C@H](CN1C(=O)[C@@H](NC(=O)NC(C)(C)C)C(C)(C)C)C2(Cl)Cl)C(=O)C(N)=O. The molecule has 0 aromatic rings. The fourth-order valence-corrected chi connectivity index (χ4v) is 5.27. The Kier molecular flexibility index (Phi) is 8.44. The Hall–Kier alpha value is -2.07. The highest BCUT2D eigenvalue weighted by molar-refractivity contribution is 6.51. The van der Waals surface area contributed by atoms with E-state index in [0.717, 1.165) is 0 Å². The van der Waals surface area contributed by atoms with Crippen molar-refractivity contribution in [3.63, 3.8) is 0 Å². The lowest BCUT2D eigenvalue weighted by Crippen LogP contribution is -2.62. The summed E-state index contributed by atoms with van der Waals surface area (Å²) in [6, 6.07) is -3.67. The highest BCUT2D eigenvalue weighted by atomic mass is 35.5. The number of urea groups is 1. The second kappa shape index (κ2) is 10.1. The summed E-state index contributed by atoms with van der Waals surface area (Å²) in [4.78, 5) is 64.7. The normalized spacial score (nSPS) is 24.6. The maximum atomic E-state index is 13.7. The zero-order valence-corrected chi connectivity index (χ0v) is 22.8. The van der Waals surface area contributed by atoms with Crippen molar-refractivity contribution in [1.82, 2.24) is 20.9 Å². The van der Waals surface area contributed by atoms with Gasteiger partial charge in [0.25, 0.3) is 5.91 Å². The third-order valence-corrected chi connectivity index (χ3v) is 7.28. The van der Waals surface area contributed by atoms with Crippen LogP contribution in [0, 0.1) is 17.3 Å². The molecule has 2 rings (SSSR count). The smallest absolute Gasteiger partial charge is 0.315 e. The largest absolute Gasteiger partial charge is 0.363 e. The van der Waals surface area contributed by atoms with E-state index in [1.807, 2.05) is 20.8 Å². The molecule has 5 amide bonds. The number of carbonyl (C=O) groups is 5. The van der Waals surface area contributed by atoms with E-state index < -0.39 is 68.9 Å². The molecule has 198 valence electrons. The van der Waals surface area contributed by atoms with Crippen molar-refractivity contribution in [2.75, 3.05) is 6.54 Å². The van der Waals surface area contributed by atoms with E-state index in [4.69, 9.17) is 28.9 Å². The number of rotatable bonds is 8. The van der Waals surface area contributed by atoms with Gasteiger partial charge in [0.1, 0.15) is 16.4 Å². The van der Waals surface area contributed by atoms with Crippen LogP contribution in [0.4, 0.5) is 4.79 Å². The fourth-order valence-electron chi connectivity index (χ4n) is 4.44. The van der Waals surface area contributed by atoms with E-state index in [0.29, 0.717) is 6.42 Å². The molecule has 1 saturated heterocycles. The van der Waals surface area contributed by atoms with Crippen LogP contribution in [-0.4, -0.2) is 69.0 Å². The van der Waals surface area contributed by atoms with Gasteiger partial charge < -0.3 is 26.6 Å². The molecule has 2 fully saturated rings. The summed E-state index contributed by atoms with van der Waals surface area (Å²) in [6.45, 7) is 12.8. The number of piperidine rings is 1. The number of hydrogen-bond acceptors (Lipinski definition) is 5. The van der Waals surface area contributed by atoms with Crippen molar-refractivity contribution in [3.8, 4) is 0 Å². The van der Waals surface area contributed by atoms with Crippen molar-refractivity contribution in [3.05, 3.63) is 0 Å². The predicted octanol–water partition coefficient (Wildman–Crippen LogP) is 1.47. The Labute approximate surface area is 216 Å². The summed E-state index contributed by atoms with van der Waals surface area (Å²) in [6.07, 6.45) is 0.714.